The third-order valence-corrected chi connectivity index (χ3v) is 6.71. The number of hydrogen-bond donors (Lipinski definition) is 0. The van der Waals surface area contributed by atoms with E-state index in [4.69, 9.17) is 0 Å². The lowest BCUT2D eigenvalue weighted by Crippen LogP contribution is -2.31. The zero-order valence-corrected chi connectivity index (χ0v) is 14.2. The molecule has 1 aromatic heterocycles. The molecule has 0 unspecified atom stereocenters. The number of carbonyl (C=O) groups is 1. The van der Waals surface area contributed by atoms with Crippen LogP contribution in [0.2, 0.25) is 0 Å². The molecule has 1 aromatic rings. The van der Waals surface area contributed by atoms with Gasteiger partial charge in [-0.3, -0.25) is 9.69 Å². The molecule has 1 saturated heterocycles. The van der Waals surface area contributed by atoms with Crippen molar-refractivity contribution in [2.45, 2.75) is 70.5 Å². The van der Waals surface area contributed by atoms with Crippen LogP contribution >= 0.6 is 11.3 Å². The van der Waals surface area contributed by atoms with E-state index in [-0.39, 0.29) is 5.91 Å². The summed E-state index contributed by atoms with van der Waals surface area (Å²) in [6, 6.07) is 2.99. The summed E-state index contributed by atoms with van der Waals surface area (Å²) >= 11 is 1.76. The number of hydrogen-bond acceptors (Lipinski definition) is 3. The van der Waals surface area contributed by atoms with Crippen LogP contribution < -0.4 is 0 Å². The van der Waals surface area contributed by atoms with Gasteiger partial charge >= 0.3 is 0 Å². The van der Waals surface area contributed by atoms with Gasteiger partial charge in [0, 0.05) is 37.1 Å². The summed E-state index contributed by atoms with van der Waals surface area (Å²) in [5, 5.41) is 0. The first-order chi connectivity index (χ1) is 10.8. The molecule has 4 rings (SSSR count). The second-order valence-electron chi connectivity index (χ2n) is 7.11. The van der Waals surface area contributed by atoms with Crippen LogP contribution in [-0.4, -0.2) is 34.8 Å². The minimum atomic E-state index is 0.286. The summed E-state index contributed by atoms with van der Waals surface area (Å²) in [5.41, 5.74) is 1.43. The maximum atomic E-state index is 12.7. The number of rotatable bonds is 2. The lowest BCUT2D eigenvalue weighted by molar-refractivity contribution is 0.0766. The highest BCUT2D eigenvalue weighted by atomic mass is 32.1. The Morgan fingerprint density at radius 1 is 1.00 bits per heavy atom. The maximum Gasteiger partial charge on any atom is 0.263 e. The van der Waals surface area contributed by atoms with Gasteiger partial charge in [-0.25, -0.2) is 0 Å². The van der Waals surface area contributed by atoms with Crippen LogP contribution in [0.5, 0.6) is 0 Å². The molecular formula is C18H26N2OS. The summed E-state index contributed by atoms with van der Waals surface area (Å²) in [4.78, 5) is 19.9. The average Bonchev–Trinajstić information content (AvgIpc) is 3.18. The Morgan fingerprint density at radius 2 is 1.73 bits per heavy atom. The van der Waals surface area contributed by atoms with E-state index in [2.05, 4.69) is 15.9 Å². The quantitative estimate of drug-likeness (QED) is 0.822. The third kappa shape index (κ3) is 2.83. The second kappa shape index (κ2) is 6.32. The number of likely N-dealkylation sites (tertiary alicyclic amines) is 1. The predicted octanol–water partition coefficient (Wildman–Crippen LogP) is 4.02. The van der Waals surface area contributed by atoms with Crippen LogP contribution in [0, 0.1) is 0 Å². The fourth-order valence-corrected chi connectivity index (χ4v) is 5.42. The Hall–Kier alpha value is -0.870. The molecule has 0 spiro atoms. The third-order valence-electron chi connectivity index (χ3n) is 5.56. The van der Waals surface area contributed by atoms with Crippen molar-refractivity contribution in [2.75, 3.05) is 13.1 Å². The van der Waals surface area contributed by atoms with Gasteiger partial charge in [0.15, 0.2) is 0 Å². The number of thiophene rings is 1. The van der Waals surface area contributed by atoms with Crippen molar-refractivity contribution in [1.29, 1.82) is 0 Å². The van der Waals surface area contributed by atoms with Crippen molar-refractivity contribution in [3.63, 3.8) is 0 Å². The van der Waals surface area contributed by atoms with Gasteiger partial charge < -0.3 is 4.90 Å². The molecule has 0 aromatic carbocycles. The fourth-order valence-electron chi connectivity index (χ4n) is 4.26. The SMILES string of the molecule is O=C(c1cc2c(s1)CN(C1CCCC1)C2)N1CCCCCC1. The van der Waals surface area contributed by atoms with E-state index in [9.17, 15) is 4.79 Å². The van der Waals surface area contributed by atoms with Crippen molar-refractivity contribution in [3.8, 4) is 0 Å². The molecule has 1 amide bonds. The molecule has 3 nitrogen and oxygen atoms in total. The van der Waals surface area contributed by atoms with Gasteiger partial charge in [-0.15, -0.1) is 11.3 Å². The van der Waals surface area contributed by atoms with Crippen molar-refractivity contribution in [3.05, 3.63) is 21.4 Å². The number of nitrogens with zero attached hydrogens (tertiary/aromatic N) is 2. The first-order valence-corrected chi connectivity index (χ1v) is 9.78. The number of fused-ring (bicyclic) bond motifs is 1. The van der Waals surface area contributed by atoms with Crippen LogP contribution in [0.3, 0.4) is 0 Å². The van der Waals surface area contributed by atoms with E-state index in [1.165, 1.54) is 61.8 Å². The van der Waals surface area contributed by atoms with E-state index >= 15 is 0 Å². The van der Waals surface area contributed by atoms with E-state index in [0.717, 1.165) is 37.1 Å². The highest BCUT2D eigenvalue weighted by molar-refractivity contribution is 7.14. The van der Waals surface area contributed by atoms with Crippen LogP contribution in [0.1, 0.15) is 71.5 Å². The van der Waals surface area contributed by atoms with Crippen molar-refractivity contribution in [1.82, 2.24) is 9.80 Å². The van der Waals surface area contributed by atoms with Gasteiger partial charge in [-0.2, -0.15) is 0 Å². The zero-order valence-electron chi connectivity index (χ0n) is 13.4. The minimum absolute atomic E-state index is 0.286. The Balaban J connectivity index is 1.43. The molecule has 3 aliphatic rings. The molecule has 0 radical (unpaired) electrons. The molecule has 0 N–H and O–H groups in total. The molecule has 22 heavy (non-hydrogen) atoms. The van der Waals surface area contributed by atoms with Gasteiger partial charge in [0.2, 0.25) is 0 Å². The predicted molar refractivity (Wildman–Crippen MR) is 90.2 cm³/mol. The van der Waals surface area contributed by atoms with Gasteiger partial charge in [0.1, 0.15) is 0 Å². The first-order valence-electron chi connectivity index (χ1n) is 8.96. The summed E-state index contributed by atoms with van der Waals surface area (Å²) in [6.45, 7) is 4.06. The molecule has 0 atom stereocenters. The Kier molecular flexibility index (Phi) is 4.23. The Labute approximate surface area is 137 Å². The van der Waals surface area contributed by atoms with Crippen molar-refractivity contribution >= 4 is 17.2 Å². The Bertz CT molecular complexity index is 516. The summed E-state index contributed by atoms with van der Waals surface area (Å²) in [7, 11) is 0. The standard InChI is InChI=1S/C18H26N2OS/c21-18(19-9-5-1-2-6-10-19)16-11-14-12-20(13-17(14)22-16)15-7-3-4-8-15/h11,15H,1-10,12-13H2. The van der Waals surface area contributed by atoms with Crippen LogP contribution in [0.15, 0.2) is 6.07 Å². The highest BCUT2D eigenvalue weighted by Gasteiger charge is 2.31. The first kappa shape index (κ1) is 14.7. The van der Waals surface area contributed by atoms with E-state index < -0.39 is 0 Å². The molecule has 0 bridgehead atoms. The summed E-state index contributed by atoms with van der Waals surface area (Å²) in [6.07, 6.45) is 10.4. The molecule has 120 valence electrons. The topological polar surface area (TPSA) is 23.6 Å². The summed E-state index contributed by atoms with van der Waals surface area (Å²) < 4.78 is 0. The second-order valence-corrected chi connectivity index (χ2v) is 8.25. The lowest BCUT2D eigenvalue weighted by atomic mass is 10.2. The Morgan fingerprint density at radius 3 is 2.41 bits per heavy atom. The van der Waals surface area contributed by atoms with Gasteiger partial charge in [-0.1, -0.05) is 25.7 Å². The normalized spacial score (nSPS) is 23.7. The summed E-state index contributed by atoms with van der Waals surface area (Å²) in [5.74, 6) is 0.286. The highest BCUT2D eigenvalue weighted by Crippen LogP contribution is 2.36. The van der Waals surface area contributed by atoms with E-state index in [0.29, 0.717) is 0 Å². The molecule has 1 saturated carbocycles. The van der Waals surface area contributed by atoms with Crippen molar-refractivity contribution in [2.24, 2.45) is 0 Å². The minimum Gasteiger partial charge on any atom is -0.338 e. The van der Waals surface area contributed by atoms with Crippen LogP contribution in [0.4, 0.5) is 0 Å². The molecule has 4 heteroatoms. The molecular weight excluding hydrogens is 292 g/mol. The van der Waals surface area contributed by atoms with Crippen LogP contribution in [-0.2, 0) is 13.1 Å². The molecule has 3 heterocycles. The molecule has 2 fully saturated rings. The van der Waals surface area contributed by atoms with Crippen molar-refractivity contribution < 1.29 is 4.79 Å². The zero-order chi connectivity index (χ0) is 14.9. The number of amides is 1. The van der Waals surface area contributed by atoms with Gasteiger partial charge in [0.05, 0.1) is 4.88 Å². The largest absolute Gasteiger partial charge is 0.338 e. The molecule has 1 aliphatic carbocycles. The van der Waals surface area contributed by atoms with E-state index in [1.54, 1.807) is 11.3 Å². The monoisotopic (exact) mass is 318 g/mol. The molecule has 2 aliphatic heterocycles. The van der Waals surface area contributed by atoms with Crippen LogP contribution in [0.25, 0.3) is 0 Å². The van der Waals surface area contributed by atoms with E-state index in [1.807, 2.05) is 0 Å². The average molecular weight is 318 g/mol. The maximum absolute atomic E-state index is 12.7. The van der Waals surface area contributed by atoms with Gasteiger partial charge in [-0.05, 0) is 37.3 Å². The number of carbonyl (C=O) groups excluding carboxylic acids is 1. The lowest BCUT2D eigenvalue weighted by Gasteiger charge is -2.23. The fraction of sp³-hybridized carbons (Fsp3) is 0.722. The van der Waals surface area contributed by atoms with Gasteiger partial charge in [0.25, 0.3) is 5.91 Å². The smallest absolute Gasteiger partial charge is 0.263 e.